The van der Waals surface area contributed by atoms with Gasteiger partial charge in [0, 0.05) is 17.8 Å². The van der Waals surface area contributed by atoms with Crippen LogP contribution in [0.15, 0.2) is 53.1 Å². The first kappa shape index (κ1) is 14.9. The van der Waals surface area contributed by atoms with Gasteiger partial charge in [-0.1, -0.05) is 11.6 Å². The molecule has 0 saturated heterocycles. The number of furan rings is 1. The first-order valence-electron chi connectivity index (χ1n) is 7.69. The van der Waals surface area contributed by atoms with Crippen LogP contribution in [0.1, 0.15) is 21.0 Å². The Kier molecular flexibility index (Phi) is 3.58. The summed E-state index contributed by atoms with van der Waals surface area (Å²) in [5.41, 5.74) is 2.16. The van der Waals surface area contributed by atoms with E-state index >= 15 is 0 Å². The van der Waals surface area contributed by atoms with Gasteiger partial charge in [0.2, 0.25) is 0 Å². The third-order valence-electron chi connectivity index (χ3n) is 3.99. The second-order valence-electron chi connectivity index (χ2n) is 5.93. The summed E-state index contributed by atoms with van der Waals surface area (Å²) in [6.07, 6.45) is 1.62. The molecule has 0 N–H and O–H groups in total. The second-order valence-corrected chi connectivity index (χ2v) is 6.96. The first-order valence-corrected chi connectivity index (χ1v) is 8.50. The van der Waals surface area contributed by atoms with Crippen molar-refractivity contribution in [2.24, 2.45) is 0 Å². The van der Waals surface area contributed by atoms with Crippen LogP contribution in [0.3, 0.4) is 0 Å². The molecule has 4 aromatic rings. The van der Waals surface area contributed by atoms with Crippen LogP contribution >= 0.6 is 11.3 Å². The minimum atomic E-state index is -0.0189. The number of aryl methyl sites for hydroxylation is 1. The summed E-state index contributed by atoms with van der Waals surface area (Å²) in [4.78, 5) is 20.6. The quantitative estimate of drug-likeness (QED) is 0.548. The minimum absolute atomic E-state index is 0.0189. The smallest absolute Gasteiger partial charge is 0.264 e. The maximum Gasteiger partial charge on any atom is 0.264 e. The fourth-order valence-corrected chi connectivity index (χ4v) is 3.77. The van der Waals surface area contributed by atoms with Crippen molar-refractivity contribution in [2.75, 3.05) is 7.05 Å². The van der Waals surface area contributed by atoms with Gasteiger partial charge in [0.1, 0.15) is 10.6 Å². The third kappa shape index (κ3) is 2.67. The number of benzene rings is 1. The SMILES string of the molecule is Cc1ccc2nc3sc(C(=O)N(C)Cc4ccco4)cc3cc2c1. The lowest BCUT2D eigenvalue weighted by Crippen LogP contribution is -2.25. The molecule has 0 spiro atoms. The molecule has 0 radical (unpaired) electrons. The molecule has 3 heterocycles. The highest BCUT2D eigenvalue weighted by Gasteiger charge is 2.17. The predicted molar refractivity (Wildman–Crippen MR) is 96.4 cm³/mol. The Hall–Kier alpha value is -2.66. The molecule has 120 valence electrons. The average molecular weight is 336 g/mol. The van der Waals surface area contributed by atoms with Gasteiger partial charge in [-0.3, -0.25) is 4.79 Å². The van der Waals surface area contributed by atoms with Crippen LogP contribution < -0.4 is 0 Å². The number of carbonyl (C=O) groups excluding carboxylic acids is 1. The van der Waals surface area contributed by atoms with E-state index in [0.29, 0.717) is 11.4 Å². The van der Waals surface area contributed by atoms with Crippen molar-refractivity contribution in [3.05, 3.63) is 64.9 Å². The molecule has 0 bridgehead atoms. The molecule has 5 heteroatoms. The van der Waals surface area contributed by atoms with E-state index in [-0.39, 0.29) is 5.91 Å². The molecule has 0 aliphatic heterocycles. The van der Waals surface area contributed by atoms with Crippen LogP contribution in [-0.4, -0.2) is 22.8 Å². The Bertz CT molecular complexity index is 1030. The molecule has 0 atom stereocenters. The standard InChI is InChI=1S/C19H16N2O2S/c1-12-5-6-16-13(8-12)9-14-10-17(24-18(14)20-16)19(22)21(2)11-15-4-3-7-23-15/h3-10H,11H2,1-2H3. The zero-order valence-electron chi connectivity index (χ0n) is 13.4. The van der Waals surface area contributed by atoms with E-state index in [1.807, 2.05) is 24.3 Å². The monoisotopic (exact) mass is 336 g/mol. The Balaban J connectivity index is 1.68. The van der Waals surface area contributed by atoms with E-state index < -0.39 is 0 Å². The number of amides is 1. The number of thiophene rings is 1. The van der Waals surface area contributed by atoms with Gasteiger partial charge in [0.05, 0.1) is 23.2 Å². The van der Waals surface area contributed by atoms with E-state index in [9.17, 15) is 4.79 Å². The third-order valence-corrected chi connectivity index (χ3v) is 5.02. The van der Waals surface area contributed by atoms with Gasteiger partial charge in [0.15, 0.2) is 0 Å². The van der Waals surface area contributed by atoms with Crippen LogP contribution in [-0.2, 0) is 6.54 Å². The molecule has 24 heavy (non-hydrogen) atoms. The summed E-state index contributed by atoms with van der Waals surface area (Å²) >= 11 is 1.43. The van der Waals surface area contributed by atoms with Crippen molar-refractivity contribution >= 4 is 38.4 Å². The predicted octanol–water partition coefficient (Wildman–Crippen LogP) is 4.62. The summed E-state index contributed by atoms with van der Waals surface area (Å²) in [6.45, 7) is 2.52. The lowest BCUT2D eigenvalue weighted by atomic mass is 10.1. The van der Waals surface area contributed by atoms with Crippen molar-refractivity contribution in [3.63, 3.8) is 0 Å². The number of rotatable bonds is 3. The van der Waals surface area contributed by atoms with Gasteiger partial charge in [-0.15, -0.1) is 11.3 Å². The summed E-state index contributed by atoms with van der Waals surface area (Å²) in [7, 11) is 1.78. The Labute approximate surface area is 143 Å². The topological polar surface area (TPSA) is 46.3 Å². The molecule has 1 aromatic carbocycles. The van der Waals surface area contributed by atoms with Crippen LogP contribution in [0.5, 0.6) is 0 Å². The number of hydrogen-bond acceptors (Lipinski definition) is 4. The van der Waals surface area contributed by atoms with Crippen molar-refractivity contribution in [3.8, 4) is 0 Å². The molecule has 0 saturated carbocycles. The zero-order valence-corrected chi connectivity index (χ0v) is 14.3. The number of pyridine rings is 1. The van der Waals surface area contributed by atoms with E-state index in [4.69, 9.17) is 4.42 Å². The van der Waals surface area contributed by atoms with E-state index in [2.05, 4.69) is 30.1 Å². The van der Waals surface area contributed by atoms with Gasteiger partial charge in [0.25, 0.3) is 5.91 Å². The largest absolute Gasteiger partial charge is 0.467 e. The molecule has 0 aliphatic carbocycles. The molecule has 3 aromatic heterocycles. The minimum Gasteiger partial charge on any atom is -0.467 e. The van der Waals surface area contributed by atoms with Crippen LogP contribution in [0.25, 0.3) is 21.1 Å². The molecule has 0 unspecified atom stereocenters. The second kappa shape index (κ2) is 5.76. The van der Waals surface area contributed by atoms with E-state index in [0.717, 1.165) is 26.9 Å². The maximum absolute atomic E-state index is 12.7. The van der Waals surface area contributed by atoms with Gasteiger partial charge < -0.3 is 9.32 Å². The highest BCUT2D eigenvalue weighted by atomic mass is 32.1. The fourth-order valence-electron chi connectivity index (χ4n) is 2.76. The summed E-state index contributed by atoms with van der Waals surface area (Å²) in [5.74, 6) is 0.751. The summed E-state index contributed by atoms with van der Waals surface area (Å²) in [5, 5.41) is 2.11. The van der Waals surface area contributed by atoms with Crippen molar-refractivity contribution in [1.82, 2.24) is 9.88 Å². The summed E-state index contributed by atoms with van der Waals surface area (Å²) < 4.78 is 5.31. The van der Waals surface area contributed by atoms with Crippen LogP contribution in [0.2, 0.25) is 0 Å². The molecule has 1 amide bonds. The molecule has 0 aliphatic rings. The number of hydrogen-bond donors (Lipinski definition) is 0. The molecular weight excluding hydrogens is 320 g/mol. The number of aromatic nitrogens is 1. The maximum atomic E-state index is 12.7. The van der Waals surface area contributed by atoms with Gasteiger partial charge >= 0.3 is 0 Å². The van der Waals surface area contributed by atoms with Crippen LogP contribution in [0, 0.1) is 6.92 Å². The Morgan fingerprint density at radius 1 is 1.21 bits per heavy atom. The molecule has 4 nitrogen and oxygen atoms in total. The normalized spacial score (nSPS) is 11.2. The van der Waals surface area contributed by atoms with Crippen molar-refractivity contribution in [1.29, 1.82) is 0 Å². The number of fused-ring (bicyclic) bond motifs is 2. The lowest BCUT2D eigenvalue weighted by molar-refractivity contribution is 0.0780. The van der Waals surface area contributed by atoms with E-state index in [1.165, 1.54) is 16.9 Å². The Morgan fingerprint density at radius 3 is 2.88 bits per heavy atom. The number of carbonyl (C=O) groups is 1. The van der Waals surface area contributed by atoms with Gasteiger partial charge in [-0.05, 0) is 43.3 Å². The van der Waals surface area contributed by atoms with Gasteiger partial charge in [-0.2, -0.15) is 0 Å². The zero-order chi connectivity index (χ0) is 16.7. The molecular formula is C19H16N2O2S. The number of nitrogens with zero attached hydrogens (tertiary/aromatic N) is 2. The first-order chi connectivity index (χ1) is 11.6. The highest BCUT2D eigenvalue weighted by Crippen LogP contribution is 2.28. The van der Waals surface area contributed by atoms with Crippen molar-refractivity contribution < 1.29 is 9.21 Å². The lowest BCUT2D eigenvalue weighted by Gasteiger charge is -2.14. The highest BCUT2D eigenvalue weighted by molar-refractivity contribution is 7.20. The fraction of sp³-hybridized carbons (Fsp3) is 0.158. The van der Waals surface area contributed by atoms with E-state index in [1.54, 1.807) is 18.2 Å². The van der Waals surface area contributed by atoms with Gasteiger partial charge in [-0.25, -0.2) is 4.98 Å². The van der Waals surface area contributed by atoms with Crippen molar-refractivity contribution in [2.45, 2.75) is 13.5 Å². The summed E-state index contributed by atoms with van der Waals surface area (Å²) in [6, 6.07) is 13.9. The molecule has 0 fully saturated rings. The van der Waals surface area contributed by atoms with Crippen LogP contribution in [0.4, 0.5) is 0 Å². The average Bonchev–Trinajstić information content (AvgIpc) is 3.20. The molecule has 4 rings (SSSR count). The Morgan fingerprint density at radius 2 is 2.08 bits per heavy atom.